The maximum atomic E-state index is 12.6. The average Bonchev–Trinajstić information content (AvgIpc) is 3.07. The molecule has 142 valence electrons. The molecule has 1 saturated heterocycles. The van der Waals surface area contributed by atoms with Gasteiger partial charge in [-0.15, -0.1) is 11.3 Å². The van der Waals surface area contributed by atoms with Crippen LogP contribution in [0.3, 0.4) is 0 Å². The van der Waals surface area contributed by atoms with Gasteiger partial charge >= 0.3 is 0 Å². The van der Waals surface area contributed by atoms with Crippen LogP contribution in [0.5, 0.6) is 0 Å². The highest BCUT2D eigenvalue weighted by molar-refractivity contribution is 7.18. The summed E-state index contributed by atoms with van der Waals surface area (Å²) in [5.74, 6) is -0.149. The summed E-state index contributed by atoms with van der Waals surface area (Å²) in [7, 11) is 0. The van der Waals surface area contributed by atoms with Crippen molar-refractivity contribution in [1.29, 1.82) is 0 Å². The molecule has 3 heterocycles. The maximum absolute atomic E-state index is 12.6. The maximum Gasteiger partial charge on any atom is 0.262 e. The molecular formula is C19H28N4O2S. The highest BCUT2D eigenvalue weighted by Crippen LogP contribution is 2.21. The predicted octanol–water partition coefficient (Wildman–Crippen LogP) is 2.40. The van der Waals surface area contributed by atoms with E-state index >= 15 is 0 Å². The van der Waals surface area contributed by atoms with E-state index in [1.165, 1.54) is 41.5 Å². The van der Waals surface area contributed by atoms with Crippen molar-refractivity contribution in [3.63, 3.8) is 0 Å². The van der Waals surface area contributed by atoms with Crippen molar-refractivity contribution in [2.24, 2.45) is 0 Å². The third-order valence-corrected chi connectivity index (χ3v) is 6.35. The first-order valence-corrected chi connectivity index (χ1v) is 10.2. The first kappa shape index (κ1) is 19.0. The molecule has 2 aromatic heterocycles. The molecule has 0 atom stereocenters. The van der Waals surface area contributed by atoms with E-state index in [0.29, 0.717) is 11.9 Å². The van der Waals surface area contributed by atoms with Crippen molar-refractivity contribution in [3.8, 4) is 0 Å². The van der Waals surface area contributed by atoms with Crippen LogP contribution >= 0.6 is 11.3 Å². The summed E-state index contributed by atoms with van der Waals surface area (Å²) in [5, 5.41) is 3.60. The van der Waals surface area contributed by atoms with E-state index in [1.807, 2.05) is 6.07 Å². The van der Waals surface area contributed by atoms with Gasteiger partial charge in [-0.1, -0.05) is 13.3 Å². The second kappa shape index (κ2) is 7.88. The summed E-state index contributed by atoms with van der Waals surface area (Å²) in [5.41, 5.74) is -0.219. The highest BCUT2D eigenvalue weighted by atomic mass is 32.1. The standard InChI is InChI=1S/C19H28N4O2S/c1-4-14-10-15-17(26-14)21-13-22(18(15)25)11-16(24)20-12-19(2,3)23-8-6-5-7-9-23/h10,13H,4-9,11-12H2,1-3H3,(H,20,24). The number of nitrogens with one attached hydrogen (secondary N) is 1. The lowest BCUT2D eigenvalue weighted by atomic mass is 9.98. The molecule has 0 unspecified atom stereocenters. The van der Waals surface area contributed by atoms with Crippen molar-refractivity contribution in [1.82, 2.24) is 19.8 Å². The molecule has 7 heteroatoms. The topological polar surface area (TPSA) is 67.2 Å². The molecule has 2 aromatic rings. The van der Waals surface area contributed by atoms with E-state index in [0.717, 1.165) is 29.2 Å². The molecule has 1 fully saturated rings. The Hall–Kier alpha value is -1.73. The SMILES string of the molecule is CCc1cc2c(=O)n(CC(=O)NCC(C)(C)N3CCCCC3)cnc2s1. The Morgan fingerprint density at radius 3 is 2.73 bits per heavy atom. The number of fused-ring (bicyclic) bond motifs is 1. The second-order valence-corrected chi connectivity index (χ2v) is 8.71. The molecule has 6 nitrogen and oxygen atoms in total. The molecule has 1 N–H and O–H groups in total. The number of carbonyl (C=O) groups excluding carboxylic acids is 1. The molecule has 0 aliphatic carbocycles. The van der Waals surface area contributed by atoms with Gasteiger partial charge in [0.1, 0.15) is 11.4 Å². The Morgan fingerprint density at radius 2 is 2.04 bits per heavy atom. The normalized spacial score (nSPS) is 16.1. The summed E-state index contributed by atoms with van der Waals surface area (Å²) < 4.78 is 1.40. The van der Waals surface area contributed by atoms with Gasteiger partial charge in [0.05, 0.1) is 11.7 Å². The number of hydrogen-bond donors (Lipinski definition) is 1. The van der Waals surface area contributed by atoms with Crippen LogP contribution < -0.4 is 10.9 Å². The van der Waals surface area contributed by atoms with Gasteiger partial charge in [0, 0.05) is 17.0 Å². The Labute approximate surface area is 158 Å². The lowest BCUT2D eigenvalue weighted by Gasteiger charge is -2.41. The molecule has 26 heavy (non-hydrogen) atoms. The Kier molecular flexibility index (Phi) is 5.77. The molecule has 0 saturated carbocycles. The van der Waals surface area contributed by atoms with Gasteiger partial charge in [-0.05, 0) is 52.3 Å². The van der Waals surface area contributed by atoms with E-state index in [-0.39, 0.29) is 23.6 Å². The number of rotatable bonds is 6. The van der Waals surface area contributed by atoms with Crippen molar-refractivity contribution in [2.45, 2.75) is 58.5 Å². The predicted molar refractivity (Wildman–Crippen MR) is 106 cm³/mol. The fourth-order valence-corrected chi connectivity index (χ4v) is 4.36. The van der Waals surface area contributed by atoms with Crippen molar-refractivity contribution < 1.29 is 4.79 Å². The fraction of sp³-hybridized carbons (Fsp3) is 0.632. The zero-order valence-corrected chi connectivity index (χ0v) is 16.7. The molecular weight excluding hydrogens is 348 g/mol. The monoisotopic (exact) mass is 376 g/mol. The van der Waals surface area contributed by atoms with E-state index in [1.54, 1.807) is 0 Å². The molecule has 0 spiro atoms. The third-order valence-electron chi connectivity index (χ3n) is 5.16. The number of thiophene rings is 1. The zero-order chi connectivity index (χ0) is 18.7. The molecule has 1 aliphatic heterocycles. The molecule has 0 radical (unpaired) electrons. The minimum absolute atomic E-state index is 0.00909. The van der Waals surface area contributed by atoms with Gasteiger partial charge in [-0.3, -0.25) is 19.1 Å². The lowest BCUT2D eigenvalue weighted by molar-refractivity contribution is -0.122. The zero-order valence-electron chi connectivity index (χ0n) is 15.9. The summed E-state index contributed by atoms with van der Waals surface area (Å²) in [6.07, 6.45) is 6.10. The van der Waals surface area contributed by atoms with E-state index in [2.05, 4.69) is 36.0 Å². The Bertz CT molecular complexity index is 834. The highest BCUT2D eigenvalue weighted by Gasteiger charge is 2.28. The molecule has 0 aromatic carbocycles. The molecule has 1 amide bonds. The van der Waals surface area contributed by atoms with E-state index in [4.69, 9.17) is 0 Å². The minimum atomic E-state index is -0.149. The number of carbonyl (C=O) groups is 1. The summed E-state index contributed by atoms with van der Waals surface area (Å²) in [4.78, 5) is 33.6. The summed E-state index contributed by atoms with van der Waals surface area (Å²) in [6, 6.07) is 1.89. The number of amides is 1. The number of hydrogen-bond acceptors (Lipinski definition) is 5. The fourth-order valence-electron chi connectivity index (χ4n) is 3.43. The van der Waals surface area contributed by atoms with Gasteiger partial charge in [-0.25, -0.2) is 4.98 Å². The lowest BCUT2D eigenvalue weighted by Crippen LogP contribution is -2.53. The van der Waals surface area contributed by atoms with Gasteiger partial charge in [0.25, 0.3) is 5.56 Å². The van der Waals surface area contributed by atoms with Crippen LogP contribution in [0.4, 0.5) is 0 Å². The largest absolute Gasteiger partial charge is 0.353 e. The summed E-state index contributed by atoms with van der Waals surface area (Å²) >= 11 is 1.54. The molecule has 3 rings (SSSR count). The van der Waals surface area contributed by atoms with Gasteiger partial charge < -0.3 is 5.32 Å². The third kappa shape index (κ3) is 4.15. The smallest absolute Gasteiger partial charge is 0.262 e. The second-order valence-electron chi connectivity index (χ2n) is 7.60. The quantitative estimate of drug-likeness (QED) is 0.841. The van der Waals surface area contributed by atoms with Crippen molar-refractivity contribution in [3.05, 3.63) is 27.6 Å². The number of aromatic nitrogens is 2. The van der Waals surface area contributed by atoms with E-state index in [9.17, 15) is 9.59 Å². The Morgan fingerprint density at radius 1 is 1.31 bits per heavy atom. The van der Waals surface area contributed by atoms with Gasteiger partial charge in [-0.2, -0.15) is 0 Å². The first-order chi connectivity index (χ1) is 12.4. The van der Waals surface area contributed by atoms with Crippen LogP contribution in [0.15, 0.2) is 17.2 Å². The van der Waals surface area contributed by atoms with Crippen molar-refractivity contribution in [2.75, 3.05) is 19.6 Å². The average molecular weight is 377 g/mol. The van der Waals surface area contributed by atoms with Crippen molar-refractivity contribution >= 4 is 27.5 Å². The van der Waals surface area contributed by atoms with Gasteiger partial charge in [0.15, 0.2) is 0 Å². The van der Waals surface area contributed by atoms with Crippen LogP contribution in [-0.4, -0.2) is 45.5 Å². The number of nitrogens with zero attached hydrogens (tertiary/aromatic N) is 3. The van der Waals surface area contributed by atoms with Crippen LogP contribution in [-0.2, 0) is 17.8 Å². The number of piperidine rings is 1. The van der Waals surface area contributed by atoms with Crippen LogP contribution in [0, 0.1) is 0 Å². The minimum Gasteiger partial charge on any atom is -0.353 e. The van der Waals surface area contributed by atoms with Gasteiger partial charge in [0.2, 0.25) is 5.91 Å². The van der Waals surface area contributed by atoms with Crippen LogP contribution in [0.25, 0.3) is 10.2 Å². The molecule has 0 bridgehead atoms. The number of aryl methyl sites for hydroxylation is 1. The van der Waals surface area contributed by atoms with Crippen LogP contribution in [0.1, 0.15) is 44.9 Å². The first-order valence-electron chi connectivity index (χ1n) is 9.40. The van der Waals surface area contributed by atoms with Crippen LogP contribution in [0.2, 0.25) is 0 Å². The molecule has 1 aliphatic rings. The number of likely N-dealkylation sites (tertiary alicyclic amines) is 1. The van der Waals surface area contributed by atoms with E-state index < -0.39 is 0 Å². The Balaban J connectivity index is 1.63. The summed E-state index contributed by atoms with van der Waals surface area (Å²) in [6.45, 7) is 9.14.